The molecule has 0 saturated carbocycles. The summed E-state index contributed by atoms with van der Waals surface area (Å²) in [5.41, 5.74) is 3.52. The lowest BCUT2D eigenvalue weighted by molar-refractivity contribution is -0.111. The number of ether oxygens (including phenoxy) is 1. The Morgan fingerprint density at radius 3 is 2.19 bits per heavy atom. The van der Waals surface area contributed by atoms with Crippen LogP contribution >= 0.6 is 0 Å². The van der Waals surface area contributed by atoms with Gasteiger partial charge in [0, 0.05) is 17.3 Å². The van der Waals surface area contributed by atoms with E-state index in [9.17, 15) is 13.2 Å². The molecular weight excluding hydrogens is 412 g/mol. The molecule has 1 amide bonds. The smallest absolute Gasteiger partial charge is 0.261 e. The van der Waals surface area contributed by atoms with E-state index >= 15 is 0 Å². The van der Waals surface area contributed by atoms with Gasteiger partial charge in [-0.25, -0.2) is 8.42 Å². The van der Waals surface area contributed by atoms with Crippen molar-refractivity contribution in [2.45, 2.75) is 18.7 Å². The number of hydrogen-bond donors (Lipinski definition) is 2. The Balaban J connectivity index is 1.69. The zero-order chi connectivity index (χ0) is 22.4. The van der Waals surface area contributed by atoms with Crippen LogP contribution in [0.3, 0.4) is 0 Å². The van der Waals surface area contributed by atoms with Crippen LogP contribution in [0.5, 0.6) is 5.75 Å². The summed E-state index contributed by atoms with van der Waals surface area (Å²) < 4.78 is 33.4. The molecule has 0 bridgehead atoms. The first-order valence-corrected chi connectivity index (χ1v) is 11.1. The standard InChI is InChI=1S/C24H24N2O4S/c1-17-7-6-8-18(2)24(17)26-31(28,29)21-14-12-20(13-15-21)25-23(27)16-11-19-9-4-5-10-22(19)30-3/h4-16,26H,1-3H3,(H,25,27)/b16-11+. The number of amides is 1. The third kappa shape index (κ3) is 5.52. The van der Waals surface area contributed by atoms with E-state index < -0.39 is 10.0 Å². The minimum Gasteiger partial charge on any atom is -0.496 e. The van der Waals surface area contributed by atoms with Crippen LogP contribution in [0.4, 0.5) is 11.4 Å². The predicted molar refractivity (Wildman–Crippen MR) is 124 cm³/mol. The number of nitrogens with one attached hydrogen (secondary N) is 2. The Hall–Kier alpha value is -3.58. The van der Waals surface area contributed by atoms with Crippen LogP contribution in [0, 0.1) is 13.8 Å². The summed E-state index contributed by atoms with van der Waals surface area (Å²) in [7, 11) is -2.18. The first-order chi connectivity index (χ1) is 14.8. The van der Waals surface area contributed by atoms with E-state index in [1.54, 1.807) is 25.3 Å². The van der Waals surface area contributed by atoms with Crippen molar-refractivity contribution in [1.29, 1.82) is 0 Å². The van der Waals surface area contributed by atoms with Crippen molar-refractivity contribution in [3.05, 3.63) is 89.5 Å². The van der Waals surface area contributed by atoms with Gasteiger partial charge in [0.2, 0.25) is 5.91 Å². The molecule has 7 heteroatoms. The van der Waals surface area contributed by atoms with Crippen LogP contribution in [-0.2, 0) is 14.8 Å². The molecule has 2 N–H and O–H groups in total. The number of anilines is 2. The van der Waals surface area contributed by atoms with Crippen molar-refractivity contribution in [3.8, 4) is 5.75 Å². The van der Waals surface area contributed by atoms with Crippen molar-refractivity contribution in [1.82, 2.24) is 0 Å². The Morgan fingerprint density at radius 2 is 1.55 bits per heavy atom. The van der Waals surface area contributed by atoms with Gasteiger partial charge in [-0.05, 0) is 61.4 Å². The molecule has 160 valence electrons. The summed E-state index contributed by atoms with van der Waals surface area (Å²) in [6, 6.07) is 18.9. The molecule has 0 atom stereocenters. The number of para-hydroxylation sites is 2. The van der Waals surface area contributed by atoms with Gasteiger partial charge in [-0.15, -0.1) is 0 Å². The summed E-state index contributed by atoms with van der Waals surface area (Å²) in [4.78, 5) is 12.3. The fraction of sp³-hybridized carbons (Fsp3) is 0.125. The van der Waals surface area contributed by atoms with E-state index in [0.717, 1.165) is 16.7 Å². The highest BCUT2D eigenvalue weighted by molar-refractivity contribution is 7.92. The summed E-state index contributed by atoms with van der Waals surface area (Å²) in [5.74, 6) is 0.327. The normalized spacial score (nSPS) is 11.3. The number of carbonyl (C=O) groups is 1. The lowest BCUT2D eigenvalue weighted by Gasteiger charge is -2.13. The minimum absolute atomic E-state index is 0.109. The van der Waals surface area contributed by atoms with Gasteiger partial charge in [-0.3, -0.25) is 9.52 Å². The van der Waals surface area contributed by atoms with Gasteiger partial charge in [-0.2, -0.15) is 0 Å². The maximum absolute atomic E-state index is 12.7. The minimum atomic E-state index is -3.75. The van der Waals surface area contributed by atoms with Gasteiger partial charge in [0.25, 0.3) is 10.0 Å². The Bertz CT molecular complexity index is 1200. The predicted octanol–water partition coefficient (Wildman–Crippen LogP) is 4.76. The lowest BCUT2D eigenvalue weighted by Crippen LogP contribution is -2.15. The van der Waals surface area contributed by atoms with E-state index in [1.165, 1.54) is 18.2 Å². The second-order valence-electron chi connectivity index (χ2n) is 6.96. The Labute approximate surface area is 182 Å². The van der Waals surface area contributed by atoms with Gasteiger partial charge in [0.1, 0.15) is 5.75 Å². The molecule has 0 fully saturated rings. The van der Waals surface area contributed by atoms with Gasteiger partial charge < -0.3 is 10.1 Å². The zero-order valence-corrected chi connectivity index (χ0v) is 18.4. The van der Waals surface area contributed by atoms with Gasteiger partial charge in [-0.1, -0.05) is 36.4 Å². The average Bonchev–Trinajstić information content (AvgIpc) is 2.75. The summed E-state index contributed by atoms with van der Waals surface area (Å²) in [6.07, 6.45) is 3.05. The molecule has 0 heterocycles. The van der Waals surface area contributed by atoms with Crippen LogP contribution in [0.25, 0.3) is 6.08 Å². The topological polar surface area (TPSA) is 84.5 Å². The molecule has 6 nitrogen and oxygen atoms in total. The van der Waals surface area contributed by atoms with Gasteiger partial charge in [0.15, 0.2) is 0 Å². The third-order valence-corrected chi connectivity index (χ3v) is 6.07. The first kappa shape index (κ1) is 22.1. The number of aryl methyl sites for hydroxylation is 2. The fourth-order valence-electron chi connectivity index (χ4n) is 3.04. The van der Waals surface area contributed by atoms with Crippen LogP contribution in [0.15, 0.2) is 77.7 Å². The van der Waals surface area contributed by atoms with E-state index in [1.807, 2.05) is 56.3 Å². The molecule has 0 radical (unpaired) electrons. The first-order valence-electron chi connectivity index (χ1n) is 9.61. The molecular formula is C24H24N2O4S. The number of rotatable bonds is 7. The molecule has 0 aliphatic rings. The van der Waals surface area contributed by atoms with Crippen molar-refractivity contribution < 1.29 is 17.9 Å². The zero-order valence-electron chi connectivity index (χ0n) is 17.5. The fourth-order valence-corrected chi connectivity index (χ4v) is 4.24. The molecule has 0 aliphatic heterocycles. The largest absolute Gasteiger partial charge is 0.496 e. The highest BCUT2D eigenvalue weighted by Crippen LogP contribution is 2.24. The van der Waals surface area contributed by atoms with Crippen molar-refractivity contribution in [2.75, 3.05) is 17.1 Å². The second-order valence-corrected chi connectivity index (χ2v) is 8.64. The average molecular weight is 437 g/mol. The maximum Gasteiger partial charge on any atom is 0.261 e. The van der Waals surface area contributed by atoms with Crippen LogP contribution in [0.1, 0.15) is 16.7 Å². The summed E-state index contributed by atoms with van der Waals surface area (Å²) in [5, 5.41) is 2.71. The molecule has 0 saturated heterocycles. The molecule has 0 unspecified atom stereocenters. The van der Waals surface area contributed by atoms with Gasteiger partial charge in [0.05, 0.1) is 17.7 Å². The van der Waals surface area contributed by atoms with Crippen molar-refractivity contribution in [2.24, 2.45) is 0 Å². The Kier molecular flexibility index (Phi) is 6.77. The van der Waals surface area contributed by atoms with Crippen molar-refractivity contribution >= 4 is 33.4 Å². The second kappa shape index (κ2) is 9.49. The maximum atomic E-state index is 12.7. The van der Waals surface area contributed by atoms with E-state index in [0.29, 0.717) is 17.1 Å². The molecule has 0 aromatic heterocycles. The molecule has 3 rings (SSSR count). The van der Waals surface area contributed by atoms with Crippen LogP contribution in [0.2, 0.25) is 0 Å². The molecule has 3 aromatic carbocycles. The number of methoxy groups -OCH3 is 1. The van der Waals surface area contributed by atoms with Gasteiger partial charge >= 0.3 is 0 Å². The SMILES string of the molecule is COc1ccccc1/C=C/C(=O)Nc1ccc(S(=O)(=O)Nc2c(C)cccc2C)cc1. The van der Waals surface area contributed by atoms with Crippen LogP contribution < -0.4 is 14.8 Å². The number of benzene rings is 3. The highest BCUT2D eigenvalue weighted by atomic mass is 32.2. The monoisotopic (exact) mass is 436 g/mol. The number of sulfonamides is 1. The molecule has 0 spiro atoms. The van der Waals surface area contributed by atoms with E-state index in [2.05, 4.69) is 10.0 Å². The lowest BCUT2D eigenvalue weighted by atomic mass is 10.1. The summed E-state index contributed by atoms with van der Waals surface area (Å²) in [6.45, 7) is 3.70. The quantitative estimate of drug-likeness (QED) is 0.523. The number of carbonyl (C=O) groups excluding carboxylic acids is 1. The highest BCUT2D eigenvalue weighted by Gasteiger charge is 2.16. The number of hydrogen-bond acceptors (Lipinski definition) is 4. The van der Waals surface area contributed by atoms with Crippen LogP contribution in [-0.4, -0.2) is 21.4 Å². The molecule has 3 aromatic rings. The third-order valence-electron chi connectivity index (χ3n) is 4.70. The molecule has 31 heavy (non-hydrogen) atoms. The van der Waals surface area contributed by atoms with E-state index in [-0.39, 0.29) is 10.8 Å². The Morgan fingerprint density at radius 1 is 0.903 bits per heavy atom. The summed E-state index contributed by atoms with van der Waals surface area (Å²) >= 11 is 0. The van der Waals surface area contributed by atoms with E-state index in [4.69, 9.17) is 4.74 Å². The molecule has 0 aliphatic carbocycles. The van der Waals surface area contributed by atoms with Crippen molar-refractivity contribution in [3.63, 3.8) is 0 Å².